The minimum atomic E-state index is 0.806. The Balaban J connectivity index is 2.83. The molecule has 0 spiro atoms. The van der Waals surface area contributed by atoms with Crippen LogP contribution in [-0.4, -0.2) is 9.25 Å². The Morgan fingerprint density at radius 1 is 2.00 bits per heavy atom. The van der Waals surface area contributed by atoms with Crippen molar-refractivity contribution < 1.29 is 0 Å². The van der Waals surface area contributed by atoms with E-state index in [1.807, 2.05) is 28.8 Å². The largest absolute Gasteiger partial charge is 0.316 e. The second-order valence-electron chi connectivity index (χ2n) is 0.580. The number of halogens is 1. The number of nitrogens with one attached hydrogen (secondary N) is 1. The molecular weight excluding hydrogens is 229 g/mol. The third-order valence-electron chi connectivity index (χ3n) is 0.182. The van der Waals surface area contributed by atoms with E-state index >= 15 is 0 Å². The van der Waals surface area contributed by atoms with E-state index < -0.39 is 0 Å². The molecule has 0 aliphatic carbocycles. The first-order valence-electron chi connectivity index (χ1n) is 1.26. The van der Waals surface area contributed by atoms with Crippen molar-refractivity contribution in [2.24, 2.45) is 0 Å². The van der Waals surface area contributed by atoms with Gasteiger partial charge in [0.2, 0.25) is 0 Å². The minimum absolute atomic E-state index is 0.806. The maximum Gasteiger partial charge on any atom is 0.147 e. The SMILES string of the molecule is CSNC(=S)I. The van der Waals surface area contributed by atoms with Crippen LogP contribution in [0.3, 0.4) is 0 Å². The second kappa shape index (κ2) is 4.14. The Bertz CT molecular complexity index is 55.5. The second-order valence-corrected chi connectivity index (χ2v) is 3.41. The van der Waals surface area contributed by atoms with Gasteiger partial charge in [-0.2, -0.15) is 0 Å². The van der Waals surface area contributed by atoms with Crippen LogP contribution in [0.2, 0.25) is 0 Å². The molecule has 0 atom stereocenters. The highest BCUT2D eigenvalue weighted by molar-refractivity contribution is 14.1. The molecule has 0 fully saturated rings. The van der Waals surface area contributed by atoms with Gasteiger partial charge in [0.1, 0.15) is 3.00 Å². The monoisotopic (exact) mass is 233 g/mol. The van der Waals surface area contributed by atoms with Gasteiger partial charge in [-0.25, -0.2) is 0 Å². The van der Waals surface area contributed by atoms with E-state index in [0.717, 1.165) is 3.00 Å². The smallest absolute Gasteiger partial charge is 0.147 e. The summed E-state index contributed by atoms with van der Waals surface area (Å²) in [6, 6.07) is 0. The van der Waals surface area contributed by atoms with E-state index in [-0.39, 0.29) is 0 Å². The van der Waals surface area contributed by atoms with Gasteiger partial charge in [0.25, 0.3) is 0 Å². The molecule has 6 heavy (non-hydrogen) atoms. The summed E-state index contributed by atoms with van der Waals surface area (Å²) in [5.74, 6) is 0. The molecule has 0 unspecified atom stereocenters. The summed E-state index contributed by atoms with van der Waals surface area (Å²) in [6.45, 7) is 0. The third kappa shape index (κ3) is 4.97. The molecule has 0 aromatic heterocycles. The summed E-state index contributed by atoms with van der Waals surface area (Å²) in [5.41, 5.74) is 0. The topological polar surface area (TPSA) is 12.0 Å². The molecular formula is C2H4INS2. The molecule has 0 radical (unpaired) electrons. The average Bonchev–Trinajstić information content (AvgIpc) is 1.35. The van der Waals surface area contributed by atoms with Gasteiger partial charge in [0, 0.05) is 6.26 Å². The Kier molecular flexibility index (Phi) is 4.81. The zero-order valence-corrected chi connectivity index (χ0v) is 6.98. The molecule has 0 saturated heterocycles. The zero-order chi connectivity index (χ0) is 4.99. The van der Waals surface area contributed by atoms with E-state index in [2.05, 4.69) is 16.9 Å². The first-order valence-corrected chi connectivity index (χ1v) is 3.97. The lowest BCUT2D eigenvalue weighted by Gasteiger charge is -1.89. The summed E-state index contributed by atoms with van der Waals surface area (Å²) in [6.07, 6.45) is 1.94. The van der Waals surface area contributed by atoms with Crippen LogP contribution in [0, 0.1) is 0 Å². The zero-order valence-electron chi connectivity index (χ0n) is 3.19. The Hall–Kier alpha value is 0.970. The molecule has 36 valence electrons. The van der Waals surface area contributed by atoms with Gasteiger partial charge in [-0.15, -0.1) is 0 Å². The van der Waals surface area contributed by atoms with E-state index in [4.69, 9.17) is 0 Å². The van der Waals surface area contributed by atoms with Gasteiger partial charge in [-0.1, -0.05) is 24.2 Å². The normalized spacial score (nSPS) is 7.67. The van der Waals surface area contributed by atoms with E-state index in [1.165, 1.54) is 11.9 Å². The van der Waals surface area contributed by atoms with Crippen molar-refractivity contribution in [1.82, 2.24) is 4.72 Å². The highest BCUT2D eigenvalue weighted by Crippen LogP contribution is 1.89. The van der Waals surface area contributed by atoms with Crippen LogP contribution in [0.5, 0.6) is 0 Å². The van der Waals surface area contributed by atoms with Gasteiger partial charge in [-0.05, 0) is 22.6 Å². The molecule has 0 aromatic rings. The summed E-state index contributed by atoms with van der Waals surface area (Å²) < 4.78 is 3.65. The third-order valence-corrected chi connectivity index (χ3v) is 1.46. The molecule has 0 heterocycles. The summed E-state index contributed by atoms with van der Waals surface area (Å²) in [7, 11) is 0. The lowest BCUT2D eigenvalue weighted by Crippen LogP contribution is -2.01. The molecule has 0 saturated carbocycles. The van der Waals surface area contributed by atoms with Crippen LogP contribution < -0.4 is 4.72 Å². The van der Waals surface area contributed by atoms with E-state index in [9.17, 15) is 0 Å². The Morgan fingerprint density at radius 2 is 2.50 bits per heavy atom. The van der Waals surface area contributed by atoms with Crippen LogP contribution in [0.25, 0.3) is 0 Å². The van der Waals surface area contributed by atoms with Crippen molar-refractivity contribution in [3.05, 3.63) is 0 Å². The van der Waals surface area contributed by atoms with E-state index in [1.54, 1.807) is 0 Å². The molecule has 0 rings (SSSR count). The molecule has 0 bridgehead atoms. The standard InChI is InChI=1S/C2H4INS2/c1-6-4-2(3)5/h1H3,(H,4,5). The van der Waals surface area contributed by atoms with Crippen LogP contribution in [0.4, 0.5) is 0 Å². The first kappa shape index (κ1) is 6.97. The molecule has 1 N–H and O–H groups in total. The number of hydrogen-bond acceptors (Lipinski definition) is 2. The fraction of sp³-hybridized carbons (Fsp3) is 0.500. The lowest BCUT2D eigenvalue weighted by molar-refractivity contribution is 1.66. The van der Waals surface area contributed by atoms with Crippen LogP contribution >= 0.6 is 46.8 Å². The highest BCUT2D eigenvalue weighted by Gasteiger charge is 1.77. The molecule has 0 aromatic carbocycles. The van der Waals surface area contributed by atoms with Crippen molar-refractivity contribution in [1.29, 1.82) is 0 Å². The predicted molar refractivity (Wildman–Crippen MR) is 43.3 cm³/mol. The number of hydrogen-bond donors (Lipinski definition) is 1. The Morgan fingerprint density at radius 3 is 2.50 bits per heavy atom. The van der Waals surface area contributed by atoms with Crippen molar-refractivity contribution >= 4 is 49.8 Å². The van der Waals surface area contributed by atoms with E-state index in [0.29, 0.717) is 0 Å². The fourth-order valence-corrected chi connectivity index (χ4v) is 1.15. The van der Waals surface area contributed by atoms with Gasteiger partial charge in [-0.3, -0.25) is 0 Å². The van der Waals surface area contributed by atoms with Crippen molar-refractivity contribution in [2.45, 2.75) is 0 Å². The first-order chi connectivity index (χ1) is 2.77. The summed E-state index contributed by atoms with van der Waals surface area (Å²) in [4.78, 5) is 0. The van der Waals surface area contributed by atoms with Crippen LogP contribution in [0.15, 0.2) is 0 Å². The minimum Gasteiger partial charge on any atom is -0.316 e. The maximum absolute atomic E-state index is 4.65. The molecule has 0 amide bonds. The number of thiocarbonyl (C=S) groups is 1. The quantitative estimate of drug-likeness (QED) is 0.243. The molecule has 0 aliphatic rings. The fourth-order valence-electron chi connectivity index (χ4n) is 0.0802. The molecule has 0 aliphatic heterocycles. The van der Waals surface area contributed by atoms with Crippen LogP contribution in [-0.2, 0) is 0 Å². The van der Waals surface area contributed by atoms with Gasteiger partial charge < -0.3 is 4.72 Å². The predicted octanol–water partition coefficient (Wildman–Crippen LogP) is 1.57. The lowest BCUT2D eigenvalue weighted by atomic mass is 11.6. The Labute approximate surface area is 60.5 Å². The van der Waals surface area contributed by atoms with Crippen molar-refractivity contribution in [3.63, 3.8) is 0 Å². The summed E-state index contributed by atoms with van der Waals surface area (Å²) >= 11 is 8.20. The highest BCUT2D eigenvalue weighted by atomic mass is 127. The van der Waals surface area contributed by atoms with Crippen molar-refractivity contribution in [3.8, 4) is 0 Å². The van der Waals surface area contributed by atoms with Crippen molar-refractivity contribution in [2.75, 3.05) is 6.26 Å². The van der Waals surface area contributed by atoms with Gasteiger partial charge in [0.05, 0.1) is 0 Å². The van der Waals surface area contributed by atoms with Gasteiger partial charge >= 0.3 is 0 Å². The van der Waals surface area contributed by atoms with Gasteiger partial charge in [0.15, 0.2) is 0 Å². The van der Waals surface area contributed by atoms with Crippen LogP contribution in [0.1, 0.15) is 0 Å². The summed E-state index contributed by atoms with van der Waals surface area (Å²) in [5, 5.41) is 0. The molecule has 4 heteroatoms. The average molecular weight is 233 g/mol. The molecule has 1 nitrogen and oxygen atoms in total. The maximum atomic E-state index is 4.65. The number of rotatable bonds is 1.